The van der Waals surface area contributed by atoms with Crippen LogP contribution in [-0.4, -0.2) is 42.1 Å². The van der Waals surface area contributed by atoms with Gasteiger partial charge in [0.1, 0.15) is 0 Å². The molecule has 0 unspecified atom stereocenters. The summed E-state index contributed by atoms with van der Waals surface area (Å²) in [5.74, 6) is -0.0407. The van der Waals surface area contributed by atoms with E-state index in [4.69, 9.17) is 10.00 Å². The van der Waals surface area contributed by atoms with Crippen LogP contribution in [0, 0.1) is 11.3 Å². The molecule has 112 valence electrons. The smallest absolute Gasteiger partial charge is 0.241 e. The molecule has 1 aromatic rings. The van der Waals surface area contributed by atoms with E-state index < -0.39 is 0 Å². The van der Waals surface area contributed by atoms with Crippen molar-refractivity contribution < 1.29 is 9.53 Å². The molecule has 5 heteroatoms. The number of benzene rings is 1. The molecule has 1 heterocycles. The van der Waals surface area contributed by atoms with Gasteiger partial charge in [0, 0.05) is 18.8 Å². The number of ether oxygens (including phenoxy) is 1. The Morgan fingerprint density at radius 2 is 1.90 bits per heavy atom. The summed E-state index contributed by atoms with van der Waals surface area (Å²) in [6.07, 6.45) is 0.276. The van der Waals surface area contributed by atoms with Crippen molar-refractivity contribution >= 4 is 11.6 Å². The average molecular weight is 287 g/mol. The van der Waals surface area contributed by atoms with Gasteiger partial charge in [-0.2, -0.15) is 5.26 Å². The van der Waals surface area contributed by atoms with Crippen LogP contribution in [0.1, 0.15) is 26.3 Å². The Morgan fingerprint density at radius 3 is 2.43 bits per heavy atom. The maximum absolute atomic E-state index is 12.3. The second kappa shape index (κ2) is 6.70. The fourth-order valence-electron chi connectivity index (χ4n) is 2.57. The highest BCUT2D eigenvalue weighted by Crippen LogP contribution is 2.15. The zero-order chi connectivity index (χ0) is 15.4. The molecule has 0 aliphatic carbocycles. The highest BCUT2D eigenvalue weighted by molar-refractivity contribution is 5.94. The second-order valence-electron chi connectivity index (χ2n) is 5.57. The SMILES string of the molecule is C[C@@H]1CN([C@H](C)C(=O)Nc2ccc(C#N)cc2)C[C@@H](C)O1. The maximum Gasteiger partial charge on any atom is 0.241 e. The number of anilines is 1. The Bertz CT molecular complexity index is 525. The van der Waals surface area contributed by atoms with E-state index in [-0.39, 0.29) is 24.2 Å². The molecule has 1 aromatic carbocycles. The van der Waals surface area contributed by atoms with E-state index in [1.807, 2.05) is 20.8 Å². The molecule has 21 heavy (non-hydrogen) atoms. The highest BCUT2D eigenvalue weighted by atomic mass is 16.5. The summed E-state index contributed by atoms with van der Waals surface area (Å²) in [6, 6.07) is 8.72. The number of hydrogen-bond donors (Lipinski definition) is 1. The lowest BCUT2D eigenvalue weighted by molar-refractivity contribution is -0.126. The highest BCUT2D eigenvalue weighted by Gasteiger charge is 2.29. The van der Waals surface area contributed by atoms with Crippen LogP contribution < -0.4 is 5.32 Å². The van der Waals surface area contributed by atoms with Crippen molar-refractivity contribution in [3.63, 3.8) is 0 Å². The summed E-state index contributed by atoms with van der Waals surface area (Å²) in [4.78, 5) is 14.5. The van der Waals surface area contributed by atoms with E-state index in [9.17, 15) is 4.79 Å². The van der Waals surface area contributed by atoms with Gasteiger partial charge in [-0.25, -0.2) is 0 Å². The van der Waals surface area contributed by atoms with Gasteiger partial charge < -0.3 is 10.1 Å². The lowest BCUT2D eigenvalue weighted by atomic mass is 10.1. The van der Waals surface area contributed by atoms with Crippen LogP contribution in [-0.2, 0) is 9.53 Å². The van der Waals surface area contributed by atoms with Gasteiger partial charge in [-0.3, -0.25) is 9.69 Å². The van der Waals surface area contributed by atoms with E-state index in [0.29, 0.717) is 11.3 Å². The largest absolute Gasteiger partial charge is 0.373 e. The Labute approximate surface area is 125 Å². The molecule has 0 spiro atoms. The lowest BCUT2D eigenvalue weighted by Gasteiger charge is -2.38. The van der Waals surface area contributed by atoms with Crippen LogP contribution in [0.5, 0.6) is 0 Å². The number of hydrogen-bond acceptors (Lipinski definition) is 4. The molecule has 1 fully saturated rings. The molecule has 1 aliphatic heterocycles. The second-order valence-corrected chi connectivity index (χ2v) is 5.57. The van der Waals surface area contributed by atoms with Gasteiger partial charge in [0.25, 0.3) is 0 Å². The quantitative estimate of drug-likeness (QED) is 0.923. The molecule has 1 aliphatic rings. The van der Waals surface area contributed by atoms with Crippen molar-refractivity contribution in [2.24, 2.45) is 0 Å². The standard InChI is InChI=1S/C16H21N3O2/c1-11-9-19(10-12(2)21-11)13(3)16(20)18-15-6-4-14(8-17)5-7-15/h4-7,11-13H,9-10H2,1-3H3,(H,18,20)/t11-,12-,13-/m1/s1. The minimum absolute atomic E-state index is 0.0407. The van der Waals surface area contributed by atoms with Crippen molar-refractivity contribution in [2.75, 3.05) is 18.4 Å². The van der Waals surface area contributed by atoms with Gasteiger partial charge in [0.15, 0.2) is 0 Å². The molecule has 1 N–H and O–H groups in total. The summed E-state index contributed by atoms with van der Waals surface area (Å²) in [5.41, 5.74) is 1.29. The monoisotopic (exact) mass is 287 g/mol. The molecule has 3 atom stereocenters. The first-order valence-electron chi connectivity index (χ1n) is 7.20. The minimum Gasteiger partial charge on any atom is -0.373 e. The predicted molar refractivity (Wildman–Crippen MR) is 80.8 cm³/mol. The lowest BCUT2D eigenvalue weighted by Crippen LogP contribution is -2.52. The third-order valence-corrected chi connectivity index (χ3v) is 3.66. The fourth-order valence-corrected chi connectivity index (χ4v) is 2.57. The third kappa shape index (κ3) is 4.03. The number of rotatable bonds is 3. The first-order chi connectivity index (χ1) is 9.99. The molecule has 0 saturated carbocycles. The third-order valence-electron chi connectivity index (χ3n) is 3.66. The molecule has 1 saturated heterocycles. The van der Waals surface area contributed by atoms with Gasteiger partial charge in [0.2, 0.25) is 5.91 Å². The predicted octanol–water partition coefficient (Wildman–Crippen LogP) is 1.99. The van der Waals surface area contributed by atoms with Gasteiger partial charge in [0.05, 0.1) is 29.9 Å². The summed E-state index contributed by atoms with van der Waals surface area (Å²) in [7, 11) is 0. The van der Waals surface area contributed by atoms with Crippen molar-refractivity contribution in [1.82, 2.24) is 4.90 Å². The zero-order valence-corrected chi connectivity index (χ0v) is 12.7. The molecule has 5 nitrogen and oxygen atoms in total. The number of nitrogens with one attached hydrogen (secondary N) is 1. The summed E-state index contributed by atoms with van der Waals surface area (Å²) < 4.78 is 5.69. The molecular formula is C16H21N3O2. The number of morpholine rings is 1. The minimum atomic E-state index is -0.213. The van der Waals surface area contributed by atoms with E-state index >= 15 is 0 Å². The summed E-state index contributed by atoms with van der Waals surface area (Å²) in [5, 5.41) is 11.7. The van der Waals surface area contributed by atoms with Crippen molar-refractivity contribution in [3.05, 3.63) is 29.8 Å². The Kier molecular flexibility index (Phi) is 4.94. The number of nitriles is 1. The van der Waals surface area contributed by atoms with Gasteiger partial charge >= 0.3 is 0 Å². The Balaban J connectivity index is 1.97. The summed E-state index contributed by atoms with van der Waals surface area (Å²) in [6.45, 7) is 7.46. The van der Waals surface area contributed by atoms with Crippen molar-refractivity contribution in [3.8, 4) is 6.07 Å². The van der Waals surface area contributed by atoms with Gasteiger partial charge in [-0.1, -0.05) is 0 Å². The normalized spacial score (nSPS) is 24.1. The van der Waals surface area contributed by atoms with Crippen LogP contribution in [0.2, 0.25) is 0 Å². The number of carbonyl (C=O) groups is 1. The maximum atomic E-state index is 12.3. The van der Waals surface area contributed by atoms with Crippen LogP contribution in [0.25, 0.3) is 0 Å². The average Bonchev–Trinajstić information content (AvgIpc) is 2.46. The van der Waals surface area contributed by atoms with Crippen LogP contribution in [0.4, 0.5) is 5.69 Å². The van der Waals surface area contributed by atoms with Gasteiger partial charge in [-0.05, 0) is 45.0 Å². The number of amides is 1. The Hall–Kier alpha value is -1.90. The first kappa shape index (κ1) is 15.5. The van der Waals surface area contributed by atoms with Crippen LogP contribution in [0.15, 0.2) is 24.3 Å². The van der Waals surface area contributed by atoms with Crippen molar-refractivity contribution in [2.45, 2.75) is 39.0 Å². The van der Waals surface area contributed by atoms with Crippen LogP contribution >= 0.6 is 0 Å². The molecule has 0 radical (unpaired) electrons. The van der Waals surface area contributed by atoms with E-state index in [1.165, 1.54) is 0 Å². The topological polar surface area (TPSA) is 65.4 Å². The molecule has 2 rings (SSSR count). The number of carbonyl (C=O) groups excluding carboxylic acids is 1. The van der Waals surface area contributed by atoms with Gasteiger partial charge in [-0.15, -0.1) is 0 Å². The molecular weight excluding hydrogens is 266 g/mol. The van der Waals surface area contributed by atoms with Crippen LogP contribution in [0.3, 0.4) is 0 Å². The van der Waals surface area contributed by atoms with E-state index in [2.05, 4.69) is 16.3 Å². The molecule has 0 aromatic heterocycles. The fraction of sp³-hybridized carbons (Fsp3) is 0.500. The Morgan fingerprint density at radius 1 is 1.33 bits per heavy atom. The van der Waals surface area contributed by atoms with Crippen molar-refractivity contribution in [1.29, 1.82) is 5.26 Å². The molecule has 0 bridgehead atoms. The molecule has 1 amide bonds. The van der Waals surface area contributed by atoms with E-state index in [0.717, 1.165) is 13.1 Å². The number of nitrogens with zero attached hydrogens (tertiary/aromatic N) is 2. The van der Waals surface area contributed by atoms with E-state index in [1.54, 1.807) is 24.3 Å². The zero-order valence-electron chi connectivity index (χ0n) is 12.7. The summed E-state index contributed by atoms with van der Waals surface area (Å²) >= 11 is 0. The first-order valence-corrected chi connectivity index (χ1v) is 7.20.